The summed E-state index contributed by atoms with van der Waals surface area (Å²) in [5.74, 6) is -0.251. The van der Waals surface area contributed by atoms with Gasteiger partial charge in [-0.2, -0.15) is 10.1 Å². The van der Waals surface area contributed by atoms with E-state index in [9.17, 15) is 9.59 Å². The van der Waals surface area contributed by atoms with Crippen molar-refractivity contribution in [3.05, 3.63) is 0 Å². The molecule has 8 heteroatoms. The third-order valence-electron chi connectivity index (χ3n) is 7.21. The molecule has 2 heterocycles. The summed E-state index contributed by atoms with van der Waals surface area (Å²) in [5.41, 5.74) is -1.13. The Hall–Kier alpha value is -1.22. The number of hydroxylamine groups is 4. The fourth-order valence-corrected chi connectivity index (χ4v) is 6.71. The van der Waals surface area contributed by atoms with Crippen molar-refractivity contribution in [2.24, 2.45) is 0 Å². The minimum atomic E-state index is -0.329. The molecule has 186 valence electrons. The summed E-state index contributed by atoms with van der Waals surface area (Å²) in [5, 5.41) is 7.32. The molecule has 0 aromatic heterocycles. The molecule has 0 aromatic carbocycles. The number of piperidine rings is 2. The van der Waals surface area contributed by atoms with Crippen molar-refractivity contribution >= 4 is 11.9 Å². The second-order valence-corrected chi connectivity index (χ2v) is 11.5. The van der Waals surface area contributed by atoms with Crippen LogP contribution in [-0.2, 0) is 24.0 Å². The molecule has 2 fully saturated rings. The lowest BCUT2D eigenvalue weighted by atomic mass is 9.71. The molecular formula is C24H45N3O5. The molecule has 1 N–H and O–H groups in total. The zero-order valence-electron chi connectivity index (χ0n) is 21.8. The summed E-state index contributed by atoms with van der Waals surface area (Å²) in [6, 6.07) is 0.0850. The summed E-state index contributed by atoms with van der Waals surface area (Å²) in [7, 11) is 3.44. The number of carbonyl (C=O) groups is 2. The van der Waals surface area contributed by atoms with E-state index in [0.29, 0.717) is 6.42 Å². The summed E-state index contributed by atoms with van der Waals surface area (Å²) in [6.07, 6.45) is 4.53. The molecule has 0 aromatic rings. The molecule has 2 aliphatic rings. The van der Waals surface area contributed by atoms with Crippen LogP contribution < -0.4 is 5.32 Å². The molecule has 2 rings (SSSR count). The molecule has 1 amide bonds. The third kappa shape index (κ3) is 5.82. The standard InChI is InChI=1S/C24H45N3O5/c1-17(28)25-19-13-21(3,4)26(30-9)23(7,14-19)11-12-24(8)16-20(32-18(2)29)15-22(5,6)27(24)31-10/h19-20H,11-16H2,1-10H3,(H,25,28). The molecule has 0 spiro atoms. The monoisotopic (exact) mass is 455 g/mol. The minimum Gasteiger partial charge on any atom is -0.462 e. The first-order chi connectivity index (χ1) is 14.6. The van der Waals surface area contributed by atoms with Gasteiger partial charge >= 0.3 is 5.97 Å². The van der Waals surface area contributed by atoms with Gasteiger partial charge in [-0.1, -0.05) is 0 Å². The lowest BCUT2D eigenvalue weighted by molar-refractivity contribution is -0.295. The topological polar surface area (TPSA) is 80.3 Å². The second kappa shape index (κ2) is 9.57. The van der Waals surface area contributed by atoms with Crippen molar-refractivity contribution in [1.29, 1.82) is 0 Å². The van der Waals surface area contributed by atoms with E-state index in [4.69, 9.17) is 14.4 Å². The molecular weight excluding hydrogens is 410 g/mol. The predicted octanol–water partition coefficient (Wildman–Crippen LogP) is 3.59. The largest absolute Gasteiger partial charge is 0.462 e. The number of carbonyl (C=O) groups excluding carboxylic acids is 2. The molecule has 0 saturated carbocycles. The number of nitrogens with zero attached hydrogens (tertiary/aromatic N) is 2. The van der Waals surface area contributed by atoms with Crippen LogP contribution in [0.2, 0.25) is 0 Å². The van der Waals surface area contributed by atoms with Gasteiger partial charge in [-0.05, 0) is 67.2 Å². The molecule has 2 aliphatic heterocycles. The van der Waals surface area contributed by atoms with Crippen molar-refractivity contribution in [2.45, 2.75) is 128 Å². The maximum atomic E-state index is 11.8. The van der Waals surface area contributed by atoms with Crippen LogP contribution in [-0.4, -0.2) is 70.5 Å². The Balaban J connectivity index is 2.31. The van der Waals surface area contributed by atoms with Gasteiger partial charge in [0.25, 0.3) is 0 Å². The number of ether oxygens (including phenoxy) is 1. The van der Waals surface area contributed by atoms with Crippen LogP contribution in [0.5, 0.6) is 0 Å². The van der Waals surface area contributed by atoms with Crippen LogP contribution in [0, 0.1) is 0 Å². The average Bonchev–Trinajstić information content (AvgIpc) is 2.57. The molecule has 4 atom stereocenters. The SMILES string of the molecule is CON1C(C)(C)CC(NC(C)=O)CC1(C)CCC1(C)CC(OC(C)=O)CC(C)(C)N1OC. The van der Waals surface area contributed by atoms with Crippen molar-refractivity contribution in [3.8, 4) is 0 Å². The Morgan fingerprint density at radius 1 is 0.812 bits per heavy atom. The van der Waals surface area contributed by atoms with E-state index in [2.05, 4.69) is 57.0 Å². The summed E-state index contributed by atoms with van der Waals surface area (Å²) in [6.45, 7) is 16.0. The van der Waals surface area contributed by atoms with Gasteiger partial charge in [0.15, 0.2) is 0 Å². The Labute approximate surface area is 194 Å². The molecule has 4 unspecified atom stereocenters. The smallest absolute Gasteiger partial charge is 0.302 e. The quantitative estimate of drug-likeness (QED) is 0.588. The zero-order valence-corrected chi connectivity index (χ0v) is 21.8. The van der Waals surface area contributed by atoms with E-state index < -0.39 is 0 Å². The number of amides is 1. The van der Waals surface area contributed by atoms with Crippen LogP contribution in [0.25, 0.3) is 0 Å². The molecule has 0 bridgehead atoms. The van der Waals surface area contributed by atoms with Gasteiger partial charge in [0.1, 0.15) is 6.10 Å². The first-order valence-electron chi connectivity index (χ1n) is 11.7. The first-order valence-corrected chi connectivity index (χ1v) is 11.7. The minimum absolute atomic E-state index is 0.00482. The van der Waals surface area contributed by atoms with Crippen molar-refractivity contribution < 1.29 is 24.0 Å². The highest BCUT2D eigenvalue weighted by Gasteiger charge is 2.53. The van der Waals surface area contributed by atoms with Gasteiger partial charge in [-0.3, -0.25) is 9.59 Å². The molecule has 0 aliphatic carbocycles. The fraction of sp³-hybridized carbons (Fsp3) is 0.917. The van der Waals surface area contributed by atoms with Crippen LogP contribution >= 0.6 is 0 Å². The average molecular weight is 456 g/mol. The van der Waals surface area contributed by atoms with E-state index >= 15 is 0 Å². The Morgan fingerprint density at radius 3 is 1.72 bits per heavy atom. The lowest BCUT2D eigenvalue weighted by Crippen LogP contribution is -2.66. The summed E-state index contributed by atoms with van der Waals surface area (Å²) >= 11 is 0. The van der Waals surface area contributed by atoms with Crippen LogP contribution in [0.4, 0.5) is 0 Å². The van der Waals surface area contributed by atoms with Crippen molar-refractivity contribution in [2.75, 3.05) is 14.2 Å². The van der Waals surface area contributed by atoms with E-state index in [0.717, 1.165) is 32.1 Å². The van der Waals surface area contributed by atoms with E-state index in [1.165, 1.54) is 6.92 Å². The zero-order chi connectivity index (χ0) is 24.5. The Bertz CT molecular complexity index is 639. The van der Waals surface area contributed by atoms with Crippen LogP contribution in [0.3, 0.4) is 0 Å². The van der Waals surface area contributed by atoms with Gasteiger partial charge in [0.2, 0.25) is 5.91 Å². The van der Waals surface area contributed by atoms with Gasteiger partial charge in [-0.25, -0.2) is 0 Å². The number of rotatable bonds is 7. The van der Waals surface area contributed by atoms with Crippen molar-refractivity contribution in [1.82, 2.24) is 15.4 Å². The lowest BCUT2D eigenvalue weighted by Gasteiger charge is -2.57. The summed E-state index contributed by atoms with van der Waals surface area (Å²) < 4.78 is 5.66. The maximum absolute atomic E-state index is 11.8. The van der Waals surface area contributed by atoms with Gasteiger partial charge in [0, 0.05) is 54.9 Å². The summed E-state index contributed by atoms with van der Waals surface area (Å²) in [4.78, 5) is 35.3. The fourth-order valence-electron chi connectivity index (χ4n) is 6.71. The number of esters is 1. The predicted molar refractivity (Wildman–Crippen MR) is 124 cm³/mol. The maximum Gasteiger partial charge on any atom is 0.302 e. The molecule has 32 heavy (non-hydrogen) atoms. The first kappa shape index (κ1) is 27.0. The third-order valence-corrected chi connectivity index (χ3v) is 7.21. The highest BCUT2D eigenvalue weighted by Crippen LogP contribution is 2.46. The van der Waals surface area contributed by atoms with Crippen LogP contribution in [0.15, 0.2) is 0 Å². The Morgan fingerprint density at radius 2 is 1.28 bits per heavy atom. The second-order valence-electron chi connectivity index (χ2n) is 11.5. The van der Waals surface area contributed by atoms with Crippen molar-refractivity contribution in [3.63, 3.8) is 0 Å². The number of hydrogen-bond donors (Lipinski definition) is 1. The van der Waals surface area contributed by atoms with Gasteiger partial charge in [-0.15, -0.1) is 0 Å². The highest BCUT2D eigenvalue weighted by molar-refractivity contribution is 5.73. The van der Waals surface area contributed by atoms with E-state index in [1.807, 2.05) is 0 Å². The van der Waals surface area contributed by atoms with E-state index in [1.54, 1.807) is 21.1 Å². The highest BCUT2D eigenvalue weighted by atomic mass is 16.7. The number of hydrogen-bond acceptors (Lipinski definition) is 7. The normalized spacial score (nSPS) is 35.3. The molecule has 2 saturated heterocycles. The van der Waals surface area contributed by atoms with Crippen LogP contribution in [0.1, 0.15) is 93.9 Å². The van der Waals surface area contributed by atoms with E-state index in [-0.39, 0.29) is 46.2 Å². The van der Waals surface area contributed by atoms with Gasteiger partial charge < -0.3 is 19.7 Å². The van der Waals surface area contributed by atoms with Gasteiger partial charge in [0.05, 0.1) is 14.2 Å². The Kier molecular flexibility index (Phi) is 8.08. The number of nitrogens with one attached hydrogen (secondary N) is 1. The molecule has 0 radical (unpaired) electrons. The molecule has 8 nitrogen and oxygen atoms in total.